The number of likely N-dealkylation sites (tertiary alicyclic amines) is 1. The third-order valence-electron chi connectivity index (χ3n) is 5.92. The van der Waals surface area contributed by atoms with Gasteiger partial charge in [-0.2, -0.15) is 5.10 Å². The zero-order valence-electron chi connectivity index (χ0n) is 17.3. The highest BCUT2D eigenvalue weighted by atomic mass is 16.1. The summed E-state index contributed by atoms with van der Waals surface area (Å²) in [7, 11) is 0. The van der Waals surface area contributed by atoms with Crippen LogP contribution in [0.1, 0.15) is 56.5 Å². The first-order valence-corrected chi connectivity index (χ1v) is 10.9. The minimum Gasteiger partial charge on any atom is -0.297 e. The molecule has 1 aliphatic rings. The van der Waals surface area contributed by atoms with E-state index in [4.69, 9.17) is 5.10 Å². The highest BCUT2D eigenvalue weighted by Crippen LogP contribution is 2.24. The lowest BCUT2D eigenvalue weighted by Crippen LogP contribution is -2.30. The van der Waals surface area contributed by atoms with E-state index in [9.17, 15) is 4.79 Å². The van der Waals surface area contributed by atoms with E-state index in [1.54, 1.807) is 4.68 Å². The SMILES string of the molecule is CCCCc1nn(C2CCCN(Cc3ccccn3)CC2)c(=O)c2ccccc12. The standard InChI is InChI=1S/C24H30N4O/c1-2-3-13-23-21-11-4-5-12-22(21)24(29)28(26-23)20-10-8-16-27(17-14-20)18-19-9-6-7-15-25-19/h4-7,9,11-12,15,20H,2-3,8,10,13-14,16-18H2,1H3. The smallest absolute Gasteiger partial charge is 0.274 e. The predicted octanol–water partition coefficient (Wildman–Crippen LogP) is 4.36. The molecule has 1 atom stereocenters. The van der Waals surface area contributed by atoms with Gasteiger partial charge in [0.2, 0.25) is 0 Å². The number of nitrogens with zero attached hydrogens (tertiary/aromatic N) is 4. The highest BCUT2D eigenvalue weighted by Gasteiger charge is 2.22. The van der Waals surface area contributed by atoms with Crippen molar-refractivity contribution < 1.29 is 0 Å². The molecule has 0 N–H and O–H groups in total. The van der Waals surface area contributed by atoms with Crippen LogP contribution < -0.4 is 5.56 Å². The molecule has 0 aliphatic carbocycles. The number of benzene rings is 1. The first-order valence-electron chi connectivity index (χ1n) is 10.9. The van der Waals surface area contributed by atoms with E-state index in [1.165, 1.54) is 0 Å². The second-order valence-electron chi connectivity index (χ2n) is 8.03. The molecular formula is C24H30N4O. The quantitative estimate of drug-likeness (QED) is 0.627. The third-order valence-corrected chi connectivity index (χ3v) is 5.92. The fraction of sp³-hybridized carbons (Fsp3) is 0.458. The molecule has 0 bridgehead atoms. The second-order valence-corrected chi connectivity index (χ2v) is 8.03. The van der Waals surface area contributed by atoms with E-state index >= 15 is 0 Å². The van der Waals surface area contributed by atoms with E-state index in [0.717, 1.165) is 80.3 Å². The van der Waals surface area contributed by atoms with Crippen LogP contribution in [-0.2, 0) is 13.0 Å². The van der Waals surface area contributed by atoms with Gasteiger partial charge in [-0.15, -0.1) is 0 Å². The van der Waals surface area contributed by atoms with Crippen LogP contribution in [0.15, 0.2) is 53.5 Å². The molecule has 5 nitrogen and oxygen atoms in total. The topological polar surface area (TPSA) is 51.0 Å². The average Bonchev–Trinajstić information content (AvgIpc) is 3.00. The first-order chi connectivity index (χ1) is 14.3. The monoisotopic (exact) mass is 390 g/mol. The normalized spacial score (nSPS) is 18.0. The van der Waals surface area contributed by atoms with Crippen LogP contribution in [0, 0.1) is 0 Å². The van der Waals surface area contributed by atoms with E-state index in [-0.39, 0.29) is 11.6 Å². The lowest BCUT2D eigenvalue weighted by atomic mass is 10.1. The maximum atomic E-state index is 13.2. The maximum absolute atomic E-state index is 13.2. The average molecular weight is 391 g/mol. The van der Waals surface area contributed by atoms with Crippen LogP contribution in [0.5, 0.6) is 0 Å². The van der Waals surface area contributed by atoms with Crippen LogP contribution in [0.4, 0.5) is 0 Å². The molecule has 1 saturated heterocycles. The zero-order valence-corrected chi connectivity index (χ0v) is 17.3. The fourth-order valence-corrected chi connectivity index (χ4v) is 4.31. The summed E-state index contributed by atoms with van der Waals surface area (Å²) in [6.07, 6.45) is 8.02. The van der Waals surface area contributed by atoms with Crippen molar-refractivity contribution in [2.45, 2.75) is 58.0 Å². The molecule has 29 heavy (non-hydrogen) atoms. The van der Waals surface area contributed by atoms with Gasteiger partial charge in [0.1, 0.15) is 0 Å². The lowest BCUT2D eigenvalue weighted by Gasteiger charge is -2.21. The molecular weight excluding hydrogens is 360 g/mol. The van der Waals surface area contributed by atoms with E-state index in [0.29, 0.717) is 0 Å². The first kappa shape index (κ1) is 19.8. The van der Waals surface area contributed by atoms with E-state index in [2.05, 4.69) is 22.9 Å². The van der Waals surface area contributed by atoms with Gasteiger partial charge in [0.05, 0.1) is 22.8 Å². The van der Waals surface area contributed by atoms with Gasteiger partial charge in [0.25, 0.3) is 5.56 Å². The van der Waals surface area contributed by atoms with Crippen molar-refractivity contribution in [3.8, 4) is 0 Å². The minimum atomic E-state index is 0.0593. The number of hydrogen-bond acceptors (Lipinski definition) is 4. The van der Waals surface area contributed by atoms with Crippen molar-refractivity contribution in [3.05, 3.63) is 70.4 Å². The number of pyridine rings is 1. The van der Waals surface area contributed by atoms with Crippen LogP contribution in [0.25, 0.3) is 10.8 Å². The van der Waals surface area contributed by atoms with E-state index < -0.39 is 0 Å². The number of aromatic nitrogens is 3. The molecule has 1 unspecified atom stereocenters. The lowest BCUT2D eigenvalue weighted by molar-refractivity contribution is 0.267. The van der Waals surface area contributed by atoms with Crippen LogP contribution in [0.3, 0.4) is 0 Å². The van der Waals surface area contributed by atoms with E-state index in [1.807, 2.05) is 42.6 Å². The van der Waals surface area contributed by atoms with Crippen molar-refractivity contribution in [3.63, 3.8) is 0 Å². The van der Waals surface area contributed by atoms with Crippen LogP contribution in [-0.4, -0.2) is 32.8 Å². The molecule has 0 spiro atoms. The Kier molecular flexibility index (Phi) is 6.35. The second kappa shape index (κ2) is 9.31. The minimum absolute atomic E-state index is 0.0593. The Balaban J connectivity index is 1.57. The molecule has 5 heteroatoms. The number of aryl methyl sites for hydroxylation is 1. The molecule has 3 heterocycles. The number of hydrogen-bond donors (Lipinski definition) is 0. The molecule has 2 aromatic heterocycles. The van der Waals surface area contributed by atoms with Crippen molar-refractivity contribution in [2.75, 3.05) is 13.1 Å². The van der Waals surface area contributed by atoms with Gasteiger partial charge in [-0.25, -0.2) is 4.68 Å². The van der Waals surface area contributed by atoms with Gasteiger partial charge in [-0.05, 0) is 56.8 Å². The highest BCUT2D eigenvalue weighted by molar-refractivity contribution is 5.83. The summed E-state index contributed by atoms with van der Waals surface area (Å²) in [5.74, 6) is 0. The number of unbranched alkanes of at least 4 members (excludes halogenated alkanes) is 1. The van der Waals surface area contributed by atoms with Crippen LogP contribution in [0.2, 0.25) is 0 Å². The van der Waals surface area contributed by atoms with Crippen molar-refractivity contribution in [1.29, 1.82) is 0 Å². The van der Waals surface area contributed by atoms with Gasteiger partial charge >= 0.3 is 0 Å². The van der Waals surface area contributed by atoms with Gasteiger partial charge in [0, 0.05) is 24.7 Å². The maximum Gasteiger partial charge on any atom is 0.274 e. The summed E-state index contributed by atoms with van der Waals surface area (Å²) in [5, 5.41) is 6.72. The Morgan fingerprint density at radius 3 is 2.66 bits per heavy atom. The predicted molar refractivity (Wildman–Crippen MR) is 117 cm³/mol. The van der Waals surface area contributed by atoms with Crippen molar-refractivity contribution in [1.82, 2.24) is 19.7 Å². The fourth-order valence-electron chi connectivity index (χ4n) is 4.31. The zero-order chi connectivity index (χ0) is 20.1. The van der Waals surface area contributed by atoms with Gasteiger partial charge in [-0.3, -0.25) is 14.7 Å². The largest absolute Gasteiger partial charge is 0.297 e. The Hall–Kier alpha value is -2.53. The summed E-state index contributed by atoms with van der Waals surface area (Å²) in [4.78, 5) is 20.1. The Labute approximate surface area is 172 Å². The Bertz CT molecular complexity index is 999. The third kappa shape index (κ3) is 4.56. The van der Waals surface area contributed by atoms with Gasteiger partial charge in [-0.1, -0.05) is 37.6 Å². The molecule has 4 rings (SSSR count). The number of rotatable bonds is 6. The number of fused-ring (bicyclic) bond motifs is 1. The summed E-state index contributed by atoms with van der Waals surface area (Å²) < 4.78 is 1.80. The van der Waals surface area contributed by atoms with Crippen molar-refractivity contribution in [2.24, 2.45) is 0 Å². The molecule has 0 radical (unpaired) electrons. The molecule has 0 amide bonds. The summed E-state index contributed by atoms with van der Waals surface area (Å²) in [6, 6.07) is 14.2. The molecule has 1 aliphatic heterocycles. The molecule has 152 valence electrons. The Morgan fingerprint density at radius 2 is 1.86 bits per heavy atom. The van der Waals surface area contributed by atoms with Crippen molar-refractivity contribution >= 4 is 10.8 Å². The van der Waals surface area contributed by atoms with Gasteiger partial charge in [0.15, 0.2) is 0 Å². The van der Waals surface area contributed by atoms with Crippen LogP contribution >= 0.6 is 0 Å². The summed E-state index contributed by atoms with van der Waals surface area (Å²) in [5.41, 5.74) is 2.23. The van der Waals surface area contributed by atoms with Gasteiger partial charge < -0.3 is 0 Å². The molecule has 3 aromatic rings. The Morgan fingerprint density at radius 1 is 1.03 bits per heavy atom. The molecule has 0 saturated carbocycles. The summed E-state index contributed by atoms with van der Waals surface area (Å²) in [6.45, 7) is 5.07. The summed E-state index contributed by atoms with van der Waals surface area (Å²) >= 11 is 0. The molecule has 1 fully saturated rings. The molecule has 1 aromatic carbocycles.